The Morgan fingerprint density at radius 1 is 1.08 bits per heavy atom. The number of halogens is 1. The summed E-state index contributed by atoms with van der Waals surface area (Å²) < 4.78 is 55.7. The van der Waals surface area contributed by atoms with Gasteiger partial charge in [0.1, 0.15) is 29.0 Å². The zero-order valence-corrected chi connectivity index (χ0v) is 30.1. The third kappa shape index (κ3) is 11.8. The van der Waals surface area contributed by atoms with Gasteiger partial charge in [-0.25, -0.2) is 14.0 Å². The van der Waals surface area contributed by atoms with E-state index < -0.39 is 56.0 Å². The van der Waals surface area contributed by atoms with E-state index in [0.717, 1.165) is 6.04 Å². The first-order valence-electron chi connectivity index (χ1n) is 16.0. The standard InChI is InChI=1S/C36H49FO10Si/c1-24(38)17-18-28(37)32(45-34(39)25-13-10-9-11-14-25)33-29(46-36(2,3)47-33)16-12-15-26-21-27(42-5)22-30(44-23-41-4)31(26)35(40)43-19-20-48(6,7)8/h9-15,18,21-22,24,29,32-33,38H,16-17,19-20,23H2,1-8H3/b15-12+,28-18+/t24?,29-,32?,33?/m0/s1. The SMILES string of the molecule is COCOc1cc(OC)cc(/C=C/C[C@@H]2OC(C)(C)OC2C(OC(=O)c2ccccc2)/C(F)=C\CC(C)O)c1C(=O)OCC[Si](C)(C)C. The average Bonchev–Trinajstić information content (AvgIpc) is 3.34. The van der Waals surface area contributed by atoms with Gasteiger partial charge < -0.3 is 38.3 Å². The van der Waals surface area contributed by atoms with Crippen LogP contribution in [-0.2, 0) is 23.7 Å². The number of aliphatic hydroxyl groups is 1. The topological polar surface area (TPSA) is 119 Å². The predicted octanol–water partition coefficient (Wildman–Crippen LogP) is 6.95. The number of benzene rings is 2. The first-order chi connectivity index (χ1) is 22.6. The van der Waals surface area contributed by atoms with Gasteiger partial charge in [0.25, 0.3) is 0 Å². The van der Waals surface area contributed by atoms with Gasteiger partial charge in [-0.1, -0.05) is 50.0 Å². The highest BCUT2D eigenvalue weighted by Crippen LogP contribution is 2.37. The van der Waals surface area contributed by atoms with Crippen molar-refractivity contribution in [1.29, 1.82) is 0 Å². The zero-order valence-electron chi connectivity index (χ0n) is 29.1. The summed E-state index contributed by atoms with van der Waals surface area (Å²) in [5.74, 6) is -2.52. The maximum Gasteiger partial charge on any atom is 0.342 e. The fourth-order valence-electron chi connectivity index (χ4n) is 4.91. The molecule has 0 aromatic heterocycles. The van der Waals surface area contributed by atoms with Gasteiger partial charge in [-0.3, -0.25) is 0 Å². The molecule has 0 bridgehead atoms. The molecule has 0 radical (unpaired) electrons. The highest BCUT2D eigenvalue weighted by atomic mass is 28.3. The predicted molar refractivity (Wildman–Crippen MR) is 183 cm³/mol. The Kier molecular flexibility index (Phi) is 14.4. The second-order valence-electron chi connectivity index (χ2n) is 13.2. The van der Waals surface area contributed by atoms with Crippen LogP contribution in [-0.4, -0.2) is 82.9 Å². The lowest BCUT2D eigenvalue weighted by molar-refractivity contribution is -0.154. The van der Waals surface area contributed by atoms with Gasteiger partial charge in [0.2, 0.25) is 0 Å². The molecule has 3 unspecified atom stereocenters. The number of hydrogen-bond donors (Lipinski definition) is 1. The number of methoxy groups -OCH3 is 2. The lowest BCUT2D eigenvalue weighted by atomic mass is 10.0. The monoisotopic (exact) mass is 688 g/mol. The first-order valence-corrected chi connectivity index (χ1v) is 19.7. The molecule has 1 fully saturated rings. The Bertz CT molecular complexity index is 1420. The van der Waals surface area contributed by atoms with Gasteiger partial charge in [0, 0.05) is 21.3 Å². The van der Waals surface area contributed by atoms with Crippen LogP contribution in [0.15, 0.2) is 60.4 Å². The molecule has 1 saturated heterocycles. The molecule has 264 valence electrons. The quantitative estimate of drug-likeness (QED) is 0.106. The van der Waals surface area contributed by atoms with Gasteiger partial charge in [-0.15, -0.1) is 0 Å². The molecule has 10 nitrogen and oxygen atoms in total. The Labute approximate surface area is 283 Å². The smallest absolute Gasteiger partial charge is 0.342 e. The normalized spacial score (nSPS) is 19.2. The molecule has 1 heterocycles. The summed E-state index contributed by atoms with van der Waals surface area (Å²) in [5, 5.41) is 9.78. The first kappa shape index (κ1) is 38.9. The molecule has 0 amide bonds. The van der Waals surface area contributed by atoms with E-state index in [0.29, 0.717) is 11.3 Å². The van der Waals surface area contributed by atoms with E-state index in [1.54, 1.807) is 68.5 Å². The molecule has 1 N–H and O–H groups in total. The zero-order chi connectivity index (χ0) is 35.5. The third-order valence-electron chi connectivity index (χ3n) is 7.32. The number of aliphatic hydroxyl groups excluding tert-OH is 1. The molecule has 0 aliphatic carbocycles. The molecule has 1 aliphatic rings. The minimum Gasteiger partial charge on any atom is -0.497 e. The molecule has 48 heavy (non-hydrogen) atoms. The van der Waals surface area contributed by atoms with Gasteiger partial charge >= 0.3 is 11.9 Å². The summed E-state index contributed by atoms with van der Waals surface area (Å²) in [6.45, 7) is 11.7. The largest absolute Gasteiger partial charge is 0.497 e. The number of ether oxygens (including phenoxy) is 7. The molecular formula is C36H49FO10Si. The maximum absolute atomic E-state index is 15.7. The van der Waals surface area contributed by atoms with Crippen molar-refractivity contribution in [3.05, 3.63) is 77.1 Å². The van der Waals surface area contributed by atoms with Gasteiger partial charge in [0.15, 0.2) is 18.7 Å². The lowest BCUT2D eigenvalue weighted by Crippen LogP contribution is -2.39. The third-order valence-corrected chi connectivity index (χ3v) is 9.02. The summed E-state index contributed by atoms with van der Waals surface area (Å²) in [6, 6.07) is 12.3. The van der Waals surface area contributed by atoms with Crippen LogP contribution < -0.4 is 9.47 Å². The minimum absolute atomic E-state index is 0.00684. The number of carbonyl (C=O) groups is 2. The Balaban J connectivity index is 1.95. The van der Waals surface area contributed by atoms with Crippen molar-refractivity contribution >= 4 is 26.1 Å². The van der Waals surface area contributed by atoms with Gasteiger partial charge in [-0.05, 0) is 69.5 Å². The minimum atomic E-state index is -1.46. The van der Waals surface area contributed by atoms with Crippen molar-refractivity contribution in [2.75, 3.05) is 27.6 Å². The van der Waals surface area contributed by atoms with E-state index >= 15 is 4.39 Å². The maximum atomic E-state index is 15.7. The molecule has 0 saturated carbocycles. The fraction of sp³-hybridized carbons (Fsp3) is 0.500. The molecule has 2 aromatic rings. The number of rotatable bonds is 17. The van der Waals surface area contributed by atoms with E-state index in [4.69, 9.17) is 33.2 Å². The van der Waals surface area contributed by atoms with E-state index in [-0.39, 0.29) is 43.1 Å². The van der Waals surface area contributed by atoms with Gasteiger partial charge in [0.05, 0.1) is 31.5 Å². The lowest BCUT2D eigenvalue weighted by Gasteiger charge is -2.25. The second-order valence-corrected chi connectivity index (χ2v) is 18.9. The van der Waals surface area contributed by atoms with Crippen molar-refractivity contribution in [2.45, 2.75) is 89.5 Å². The number of esters is 2. The summed E-state index contributed by atoms with van der Waals surface area (Å²) in [4.78, 5) is 26.5. The van der Waals surface area contributed by atoms with Crippen LogP contribution in [0.25, 0.3) is 6.08 Å². The van der Waals surface area contributed by atoms with Crippen LogP contribution in [0, 0.1) is 0 Å². The summed E-state index contributed by atoms with van der Waals surface area (Å²) in [7, 11) is 1.51. The van der Waals surface area contributed by atoms with E-state index in [1.807, 2.05) is 0 Å². The van der Waals surface area contributed by atoms with Crippen LogP contribution in [0.5, 0.6) is 11.5 Å². The van der Waals surface area contributed by atoms with Gasteiger partial charge in [-0.2, -0.15) is 0 Å². The number of hydrogen-bond acceptors (Lipinski definition) is 10. The van der Waals surface area contributed by atoms with Crippen molar-refractivity contribution < 1.29 is 52.2 Å². The average molecular weight is 689 g/mol. The molecule has 3 rings (SSSR count). The molecule has 12 heteroatoms. The van der Waals surface area contributed by atoms with Crippen LogP contribution in [0.1, 0.15) is 59.9 Å². The molecule has 4 atom stereocenters. The highest BCUT2D eigenvalue weighted by molar-refractivity contribution is 6.76. The van der Waals surface area contributed by atoms with Crippen molar-refractivity contribution in [3.63, 3.8) is 0 Å². The molecule has 2 aromatic carbocycles. The van der Waals surface area contributed by atoms with Crippen LogP contribution in [0.4, 0.5) is 4.39 Å². The second kappa shape index (κ2) is 17.7. The summed E-state index contributed by atoms with van der Waals surface area (Å²) in [5.41, 5.74) is 0.902. The molecule has 1 aliphatic heterocycles. The van der Waals surface area contributed by atoms with Crippen LogP contribution in [0.3, 0.4) is 0 Å². The van der Waals surface area contributed by atoms with Crippen molar-refractivity contribution in [2.24, 2.45) is 0 Å². The van der Waals surface area contributed by atoms with Crippen LogP contribution >= 0.6 is 0 Å². The summed E-state index contributed by atoms with van der Waals surface area (Å²) in [6.07, 6.45) is 0.759. The number of carbonyl (C=O) groups excluding carboxylic acids is 2. The molecular weight excluding hydrogens is 639 g/mol. The van der Waals surface area contributed by atoms with Crippen LogP contribution in [0.2, 0.25) is 25.7 Å². The van der Waals surface area contributed by atoms with E-state index in [1.165, 1.54) is 27.2 Å². The Hall–Kier alpha value is -3.55. The Morgan fingerprint density at radius 2 is 1.79 bits per heavy atom. The van der Waals surface area contributed by atoms with E-state index in [2.05, 4.69) is 19.6 Å². The van der Waals surface area contributed by atoms with Crippen molar-refractivity contribution in [1.82, 2.24) is 0 Å². The summed E-state index contributed by atoms with van der Waals surface area (Å²) >= 11 is 0. The fourth-order valence-corrected chi connectivity index (χ4v) is 5.62. The van der Waals surface area contributed by atoms with Crippen molar-refractivity contribution in [3.8, 4) is 11.5 Å². The van der Waals surface area contributed by atoms with E-state index in [9.17, 15) is 14.7 Å². The highest BCUT2D eigenvalue weighted by Gasteiger charge is 2.47. The Morgan fingerprint density at radius 3 is 2.42 bits per heavy atom. The molecule has 0 spiro atoms.